The highest BCUT2D eigenvalue weighted by molar-refractivity contribution is 9.10. The van der Waals surface area contributed by atoms with Crippen molar-refractivity contribution in [3.05, 3.63) is 106 Å². The number of rotatable bonds is 8. The van der Waals surface area contributed by atoms with E-state index in [1.54, 1.807) is 47.2 Å². The Kier molecular flexibility index (Phi) is 9.54. The first-order valence-electron chi connectivity index (χ1n) is 16.8. The summed E-state index contributed by atoms with van der Waals surface area (Å²) in [5, 5.41) is 10.5. The van der Waals surface area contributed by atoms with E-state index in [0.717, 1.165) is 53.8 Å². The minimum atomic E-state index is -0.886. The molecule has 1 aliphatic carbocycles. The van der Waals surface area contributed by atoms with E-state index in [-0.39, 0.29) is 45.3 Å². The maximum atomic E-state index is 14.4. The molecule has 1 saturated carbocycles. The molecule has 9 nitrogen and oxygen atoms in total. The standard InChI is InChI=1S/C38H37BrF2N6O3/c1-50-33-14-13-23-7-2-5-12-28(23)30(33)21-46(26-10-3-4-11-26)38(49)25-9-6-8-24(19-25)37(48)45-17-15-27(16-18-45)47-22-32(43-44-47)29-20-31(40)34(39)35(41)36(29)42/h2,5-9,12-14,19-20,22,26-27H,3-4,10-11,15-18,21,42H2,1H3. The molecule has 0 radical (unpaired) electrons. The highest BCUT2D eigenvalue weighted by Crippen LogP contribution is 2.35. The number of aromatic nitrogens is 3. The molecule has 4 aromatic carbocycles. The fourth-order valence-corrected chi connectivity index (χ4v) is 7.62. The zero-order chi connectivity index (χ0) is 34.9. The summed E-state index contributed by atoms with van der Waals surface area (Å²) in [5.41, 5.74) is 7.98. The van der Waals surface area contributed by atoms with Gasteiger partial charge in [-0.1, -0.05) is 54.5 Å². The number of nitrogens with zero attached hydrogens (tertiary/aromatic N) is 5. The van der Waals surface area contributed by atoms with Gasteiger partial charge in [-0.25, -0.2) is 13.5 Å². The minimum Gasteiger partial charge on any atom is -0.496 e. The average molecular weight is 744 g/mol. The quantitative estimate of drug-likeness (QED) is 0.129. The second-order valence-electron chi connectivity index (χ2n) is 13.0. The zero-order valence-electron chi connectivity index (χ0n) is 27.6. The van der Waals surface area contributed by atoms with E-state index in [4.69, 9.17) is 10.5 Å². The predicted molar refractivity (Wildman–Crippen MR) is 191 cm³/mol. The number of halogens is 3. The van der Waals surface area contributed by atoms with Crippen molar-refractivity contribution in [3.63, 3.8) is 0 Å². The molecule has 5 aromatic rings. The Bertz CT molecular complexity index is 2070. The number of nitrogen functional groups attached to an aromatic ring is 1. The predicted octanol–water partition coefficient (Wildman–Crippen LogP) is 7.79. The van der Waals surface area contributed by atoms with Crippen molar-refractivity contribution in [1.82, 2.24) is 24.8 Å². The van der Waals surface area contributed by atoms with Gasteiger partial charge in [0.15, 0.2) is 5.82 Å². The van der Waals surface area contributed by atoms with Gasteiger partial charge in [0.25, 0.3) is 11.8 Å². The van der Waals surface area contributed by atoms with Gasteiger partial charge in [0, 0.05) is 41.4 Å². The molecular weight excluding hydrogens is 706 g/mol. The van der Waals surface area contributed by atoms with E-state index in [2.05, 4.69) is 38.4 Å². The highest BCUT2D eigenvalue weighted by Gasteiger charge is 2.31. The number of hydrogen-bond donors (Lipinski definition) is 1. The van der Waals surface area contributed by atoms with Crippen LogP contribution in [-0.2, 0) is 6.54 Å². The van der Waals surface area contributed by atoms with Gasteiger partial charge in [0.05, 0.1) is 36.1 Å². The highest BCUT2D eigenvalue weighted by atomic mass is 79.9. The monoisotopic (exact) mass is 742 g/mol. The lowest BCUT2D eigenvalue weighted by atomic mass is 10.0. The maximum absolute atomic E-state index is 14.4. The van der Waals surface area contributed by atoms with Crippen LogP contribution in [0.15, 0.2) is 77.4 Å². The summed E-state index contributed by atoms with van der Waals surface area (Å²) in [4.78, 5) is 31.8. The smallest absolute Gasteiger partial charge is 0.254 e. The van der Waals surface area contributed by atoms with Gasteiger partial charge in [-0.15, -0.1) is 5.10 Å². The van der Waals surface area contributed by atoms with Crippen LogP contribution in [0, 0.1) is 11.6 Å². The van der Waals surface area contributed by atoms with Crippen LogP contribution < -0.4 is 10.5 Å². The van der Waals surface area contributed by atoms with Gasteiger partial charge in [-0.2, -0.15) is 0 Å². The van der Waals surface area contributed by atoms with Crippen LogP contribution in [0.2, 0.25) is 0 Å². The number of ether oxygens (including phenoxy) is 1. The van der Waals surface area contributed by atoms with E-state index in [1.807, 2.05) is 29.2 Å². The average Bonchev–Trinajstić information content (AvgIpc) is 3.88. The van der Waals surface area contributed by atoms with Crippen molar-refractivity contribution in [2.75, 3.05) is 25.9 Å². The van der Waals surface area contributed by atoms with Gasteiger partial charge in [-0.05, 0) is 82.7 Å². The molecule has 0 atom stereocenters. The lowest BCUT2D eigenvalue weighted by Gasteiger charge is -2.32. The Morgan fingerprint density at radius 3 is 2.48 bits per heavy atom. The molecule has 2 aliphatic rings. The summed E-state index contributed by atoms with van der Waals surface area (Å²) in [6.07, 6.45) is 6.84. The summed E-state index contributed by atoms with van der Waals surface area (Å²) in [6.45, 7) is 1.34. The number of hydrogen-bond acceptors (Lipinski definition) is 6. The molecule has 0 spiro atoms. The van der Waals surface area contributed by atoms with E-state index >= 15 is 0 Å². The fourth-order valence-electron chi connectivity index (χ4n) is 7.29. The van der Waals surface area contributed by atoms with Crippen molar-refractivity contribution in [2.24, 2.45) is 0 Å². The topological polar surface area (TPSA) is 107 Å². The molecule has 12 heteroatoms. The Labute approximate surface area is 297 Å². The molecule has 258 valence electrons. The van der Waals surface area contributed by atoms with Crippen LogP contribution in [0.5, 0.6) is 5.75 Å². The van der Waals surface area contributed by atoms with Crippen LogP contribution in [0.1, 0.15) is 70.8 Å². The first-order valence-corrected chi connectivity index (χ1v) is 17.6. The van der Waals surface area contributed by atoms with E-state index < -0.39 is 11.6 Å². The molecule has 1 saturated heterocycles. The Morgan fingerprint density at radius 2 is 1.72 bits per heavy atom. The molecule has 2 fully saturated rings. The first-order chi connectivity index (χ1) is 24.2. The van der Waals surface area contributed by atoms with Gasteiger partial charge < -0.3 is 20.3 Å². The van der Waals surface area contributed by atoms with E-state index in [0.29, 0.717) is 43.6 Å². The number of anilines is 1. The first kappa shape index (κ1) is 33.6. The number of nitrogens with two attached hydrogens (primary N) is 1. The molecule has 1 aliphatic heterocycles. The molecule has 1 aromatic heterocycles. The SMILES string of the molecule is COc1ccc2ccccc2c1CN(C(=O)c1cccc(C(=O)N2CCC(n3cc(-c4cc(F)c(Br)c(F)c4N)nn3)CC2)c1)C1CCCC1. The number of piperidine rings is 1. The van der Waals surface area contributed by atoms with Crippen molar-refractivity contribution in [2.45, 2.75) is 57.2 Å². The molecule has 50 heavy (non-hydrogen) atoms. The fraction of sp³-hybridized carbons (Fsp3) is 0.316. The maximum Gasteiger partial charge on any atom is 0.254 e. The number of likely N-dealkylation sites (tertiary alicyclic amines) is 1. The third-order valence-corrected chi connectivity index (χ3v) is 10.8. The number of benzene rings is 4. The van der Waals surface area contributed by atoms with Crippen LogP contribution in [0.4, 0.5) is 14.5 Å². The second-order valence-corrected chi connectivity index (χ2v) is 13.8. The van der Waals surface area contributed by atoms with E-state index in [9.17, 15) is 18.4 Å². The molecule has 7 rings (SSSR count). The summed E-state index contributed by atoms with van der Waals surface area (Å²) in [6, 6.07) is 20.3. The molecule has 2 amide bonds. The van der Waals surface area contributed by atoms with Gasteiger partial charge in [0.2, 0.25) is 0 Å². The van der Waals surface area contributed by atoms with E-state index in [1.165, 1.54) is 0 Å². The summed E-state index contributed by atoms with van der Waals surface area (Å²) < 4.78 is 35.7. The van der Waals surface area contributed by atoms with Crippen molar-refractivity contribution >= 4 is 44.2 Å². The largest absolute Gasteiger partial charge is 0.496 e. The zero-order valence-corrected chi connectivity index (χ0v) is 29.2. The summed E-state index contributed by atoms with van der Waals surface area (Å²) >= 11 is 2.87. The summed E-state index contributed by atoms with van der Waals surface area (Å²) in [5.74, 6) is -1.17. The Morgan fingerprint density at radius 1 is 0.980 bits per heavy atom. The normalized spacial score (nSPS) is 15.5. The number of carbonyl (C=O) groups is 2. The van der Waals surface area contributed by atoms with Crippen molar-refractivity contribution in [3.8, 4) is 17.0 Å². The number of carbonyl (C=O) groups excluding carboxylic acids is 2. The summed E-state index contributed by atoms with van der Waals surface area (Å²) in [7, 11) is 1.65. The lowest BCUT2D eigenvalue weighted by molar-refractivity contribution is 0.0664. The Balaban J connectivity index is 1.06. The van der Waals surface area contributed by atoms with Crippen LogP contribution in [0.25, 0.3) is 22.0 Å². The molecule has 2 heterocycles. The molecule has 0 unspecified atom stereocenters. The third-order valence-electron chi connectivity index (χ3n) is 10.0. The number of methoxy groups -OCH3 is 1. The number of fused-ring (bicyclic) bond motifs is 1. The van der Waals surface area contributed by atoms with Gasteiger partial charge in [0.1, 0.15) is 17.3 Å². The van der Waals surface area contributed by atoms with Crippen molar-refractivity contribution < 1.29 is 23.1 Å². The second kappa shape index (κ2) is 14.2. The molecular formula is C38H37BrF2N6O3. The molecule has 2 N–H and O–H groups in total. The van der Waals surface area contributed by atoms with Crippen LogP contribution >= 0.6 is 15.9 Å². The minimum absolute atomic E-state index is 0.0643. The third kappa shape index (κ3) is 6.44. The van der Waals surface area contributed by atoms with Crippen molar-refractivity contribution in [1.29, 1.82) is 0 Å². The number of amides is 2. The van der Waals surface area contributed by atoms with Gasteiger partial charge in [-0.3, -0.25) is 9.59 Å². The van der Waals surface area contributed by atoms with Gasteiger partial charge >= 0.3 is 0 Å². The Hall–Kier alpha value is -4.84. The van der Waals surface area contributed by atoms with Crippen LogP contribution in [-0.4, -0.2) is 62.8 Å². The van der Waals surface area contributed by atoms with Crippen LogP contribution in [0.3, 0.4) is 0 Å². The lowest BCUT2D eigenvalue weighted by Crippen LogP contribution is -2.40. The molecule has 0 bridgehead atoms.